The van der Waals surface area contributed by atoms with Gasteiger partial charge in [-0.3, -0.25) is 0 Å². The highest BCUT2D eigenvalue weighted by atomic mass is 31.1. The maximum atomic E-state index is 14.6. The molecule has 0 aliphatic heterocycles. The van der Waals surface area contributed by atoms with E-state index in [1.807, 2.05) is 32.0 Å². The van der Waals surface area contributed by atoms with E-state index >= 15 is 0 Å². The van der Waals surface area contributed by atoms with Gasteiger partial charge in [0.05, 0.1) is 12.8 Å². The molecule has 2 rings (SSSR count). The molecule has 0 aliphatic rings. The molecule has 0 fully saturated rings. The number of carbonyl (C=O) groups excluding carboxylic acids is 1. The minimum atomic E-state index is -1.69. The summed E-state index contributed by atoms with van der Waals surface area (Å²) >= 11 is 0. The van der Waals surface area contributed by atoms with E-state index in [0.717, 1.165) is 11.1 Å². The number of oxime groups is 2. The van der Waals surface area contributed by atoms with Gasteiger partial charge < -0.3 is 14.4 Å². The van der Waals surface area contributed by atoms with Gasteiger partial charge >= 0.3 is 5.97 Å². The van der Waals surface area contributed by atoms with E-state index in [0.29, 0.717) is 28.0 Å². The zero-order valence-corrected chi connectivity index (χ0v) is 20.5. The molecule has 166 valence electrons. The molecule has 0 amide bonds. The minimum Gasteiger partial charge on any atom is -0.464 e. The molecule has 0 heterocycles. The molecule has 0 radical (unpaired) electrons. The van der Waals surface area contributed by atoms with E-state index in [2.05, 4.69) is 28.8 Å². The number of alkyl halides is 1. The van der Waals surface area contributed by atoms with Crippen LogP contribution in [0.2, 0.25) is 0 Å². The van der Waals surface area contributed by atoms with Gasteiger partial charge in [-0.15, -0.1) is 0 Å². The number of esters is 1. The zero-order valence-electron chi connectivity index (χ0n) is 18.2. The Labute approximate surface area is 186 Å². The molecule has 0 N–H and O–H groups in total. The summed E-state index contributed by atoms with van der Waals surface area (Å²) in [6, 6.07) is 10.9. The van der Waals surface area contributed by atoms with Crippen molar-refractivity contribution >= 4 is 35.9 Å². The molecule has 0 aliphatic carbocycles. The normalized spacial score (nSPS) is 12.5. The van der Waals surface area contributed by atoms with Crippen LogP contribution in [0.5, 0.6) is 0 Å². The van der Waals surface area contributed by atoms with Crippen LogP contribution in [0.25, 0.3) is 0 Å². The molecule has 0 spiro atoms. The topological polar surface area (TPSA) is 69.5 Å². The predicted octanol–water partition coefficient (Wildman–Crippen LogP) is 4.60. The highest BCUT2D eigenvalue weighted by Gasteiger charge is 2.24. The first-order valence-corrected chi connectivity index (χ1v) is 10.6. The fourth-order valence-corrected chi connectivity index (χ4v) is 3.51. The van der Waals surface area contributed by atoms with Crippen LogP contribution in [0.15, 0.2) is 46.7 Å². The van der Waals surface area contributed by atoms with Crippen LogP contribution < -0.4 is 0 Å². The van der Waals surface area contributed by atoms with Crippen LogP contribution in [0, 0.1) is 13.8 Å². The number of benzene rings is 2. The van der Waals surface area contributed by atoms with Crippen molar-refractivity contribution in [1.29, 1.82) is 0 Å². The SMILES string of the molecule is CO/N=C(/C(=O)OC)c1cccc(C)c1CO/N=C(\C)c1ccc(C)cc1C(F)(P)P. The number of nitrogens with zero attached hydrogens (tertiary/aromatic N) is 2. The molecule has 2 atom stereocenters. The fourth-order valence-electron chi connectivity index (χ4n) is 3.03. The van der Waals surface area contributed by atoms with Crippen LogP contribution in [0.3, 0.4) is 0 Å². The van der Waals surface area contributed by atoms with Gasteiger partial charge in [0.1, 0.15) is 13.7 Å². The second-order valence-electron chi connectivity index (χ2n) is 6.98. The van der Waals surface area contributed by atoms with Gasteiger partial charge in [-0.2, -0.15) is 0 Å². The largest absolute Gasteiger partial charge is 0.464 e. The molecule has 9 heteroatoms. The van der Waals surface area contributed by atoms with Crippen LogP contribution in [0.1, 0.15) is 40.3 Å². The number of carbonyl (C=O) groups is 1. The Bertz CT molecular complexity index is 1020. The lowest BCUT2D eigenvalue weighted by atomic mass is 9.99. The number of methoxy groups -OCH3 is 1. The third kappa shape index (κ3) is 6.32. The first kappa shape index (κ1) is 24.9. The smallest absolute Gasteiger partial charge is 0.360 e. The lowest BCUT2D eigenvalue weighted by Gasteiger charge is -2.19. The summed E-state index contributed by atoms with van der Waals surface area (Å²) in [5.41, 5.74) is 4.72. The zero-order chi connectivity index (χ0) is 23.2. The average Bonchev–Trinajstić information content (AvgIpc) is 2.72. The monoisotopic (exact) mass is 464 g/mol. The quantitative estimate of drug-likeness (QED) is 0.248. The van der Waals surface area contributed by atoms with Crippen molar-refractivity contribution in [2.24, 2.45) is 10.3 Å². The molecule has 0 saturated carbocycles. The summed E-state index contributed by atoms with van der Waals surface area (Å²) in [6.07, 6.45) is 0. The van der Waals surface area contributed by atoms with Gasteiger partial charge in [0.25, 0.3) is 0 Å². The van der Waals surface area contributed by atoms with Gasteiger partial charge in [-0.05, 0) is 26.3 Å². The molecule has 0 saturated heterocycles. The minimum absolute atomic E-state index is 0.0297. The molecule has 2 aromatic carbocycles. The lowest BCUT2D eigenvalue weighted by Crippen LogP contribution is -2.20. The number of hydrogen-bond acceptors (Lipinski definition) is 6. The molecule has 0 aromatic heterocycles. The van der Waals surface area contributed by atoms with Crippen molar-refractivity contribution in [1.82, 2.24) is 0 Å². The number of aryl methyl sites for hydroxylation is 2. The summed E-state index contributed by atoms with van der Waals surface area (Å²) in [7, 11) is 6.98. The van der Waals surface area contributed by atoms with E-state index in [-0.39, 0.29) is 12.3 Å². The highest BCUT2D eigenvalue weighted by Crippen LogP contribution is 2.42. The third-order valence-electron chi connectivity index (χ3n) is 4.61. The first-order chi connectivity index (χ1) is 14.6. The number of rotatable bonds is 8. The average molecular weight is 464 g/mol. The Balaban J connectivity index is 2.36. The standard InChI is InChI=1S/C22H27FN2O4P2/c1-13-9-10-16(19(11-13)22(23,30)31)15(3)24-29-12-18-14(2)7-6-8-17(18)20(25-28-5)21(26)27-4/h6-11H,12,30-31H2,1-5H3/b24-15+,25-20+. The van der Waals surface area contributed by atoms with Crippen LogP contribution in [-0.2, 0) is 31.0 Å². The second-order valence-corrected chi connectivity index (χ2v) is 9.33. The Morgan fingerprint density at radius 3 is 2.42 bits per heavy atom. The van der Waals surface area contributed by atoms with Gasteiger partial charge in [-0.25, -0.2) is 9.18 Å². The van der Waals surface area contributed by atoms with E-state index in [1.54, 1.807) is 25.1 Å². The van der Waals surface area contributed by atoms with E-state index in [4.69, 9.17) is 14.4 Å². The molecule has 2 unspecified atom stereocenters. The summed E-state index contributed by atoms with van der Waals surface area (Å²) in [5.74, 6) is -0.627. The van der Waals surface area contributed by atoms with Crippen molar-refractivity contribution in [3.8, 4) is 0 Å². The van der Waals surface area contributed by atoms with Crippen molar-refractivity contribution in [2.75, 3.05) is 14.2 Å². The number of halogens is 1. The van der Waals surface area contributed by atoms with Gasteiger partial charge in [0.2, 0.25) is 0 Å². The maximum Gasteiger partial charge on any atom is 0.360 e. The summed E-state index contributed by atoms with van der Waals surface area (Å²) in [5, 5.41) is 6.31. The summed E-state index contributed by atoms with van der Waals surface area (Å²) in [6.45, 7) is 5.61. The Morgan fingerprint density at radius 2 is 1.81 bits per heavy atom. The van der Waals surface area contributed by atoms with E-state index in [9.17, 15) is 9.18 Å². The van der Waals surface area contributed by atoms with Crippen LogP contribution >= 0.6 is 18.5 Å². The molecule has 0 bridgehead atoms. The lowest BCUT2D eigenvalue weighted by molar-refractivity contribution is -0.132. The summed E-state index contributed by atoms with van der Waals surface area (Å²) < 4.78 is 19.5. The fraction of sp³-hybridized carbons (Fsp3) is 0.318. The molecular weight excluding hydrogens is 437 g/mol. The summed E-state index contributed by atoms with van der Waals surface area (Å²) in [4.78, 5) is 22.6. The Hall–Kier alpha value is -2.36. The number of hydrogen-bond donors (Lipinski definition) is 0. The molecule has 2 aromatic rings. The van der Waals surface area contributed by atoms with Gasteiger partial charge in [0.15, 0.2) is 10.9 Å². The second kappa shape index (κ2) is 10.8. The van der Waals surface area contributed by atoms with Gasteiger partial charge in [-0.1, -0.05) is 70.8 Å². The highest BCUT2D eigenvalue weighted by molar-refractivity contribution is 7.38. The molecule has 31 heavy (non-hydrogen) atoms. The molecule has 6 nitrogen and oxygen atoms in total. The third-order valence-corrected chi connectivity index (χ3v) is 5.24. The maximum absolute atomic E-state index is 14.6. The Kier molecular flexibility index (Phi) is 8.67. The van der Waals surface area contributed by atoms with E-state index < -0.39 is 11.1 Å². The Morgan fingerprint density at radius 1 is 1.10 bits per heavy atom. The number of ether oxygens (including phenoxy) is 1. The van der Waals surface area contributed by atoms with Crippen molar-refractivity contribution < 1.29 is 23.6 Å². The van der Waals surface area contributed by atoms with Crippen molar-refractivity contribution in [3.05, 3.63) is 69.8 Å². The van der Waals surface area contributed by atoms with Crippen LogP contribution in [-0.4, -0.2) is 31.6 Å². The van der Waals surface area contributed by atoms with Crippen LogP contribution in [0.4, 0.5) is 4.39 Å². The van der Waals surface area contributed by atoms with Gasteiger partial charge in [0, 0.05) is 22.3 Å². The van der Waals surface area contributed by atoms with Crippen molar-refractivity contribution in [3.63, 3.8) is 0 Å². The predicted molar refractivity (Wildman–Crippen MR) is 127 cm³/mol. The first-order valence-electron chi connectivity index (χ1n) is 9.43. The van der Waals surface area contributed by atoms with Crippen molar-refractivity contribution in [2.45, 2.75) is 32.5 Å². The van der Waals surface area contributed by atoms with E-state index in [1.165, 1.54) is 14.2 Å². The molecular formula is C22H27FN2O4P2.